The van der Waals surface area contributed by atoms with Gasteiger partial charge in [-0.15, -0.1) is 0 Å². The second kappa shape index (κ2) is 6.79. The van der Waals surface area contributed by atoms with E-state index in [4.69, 9.17) is 5.73 Å². The van der Waals surface area contributed by atoms with Crippen molar-refractivity contribution in [3.63, 3.8) is 0 Å². The second-order valence-corrected chi connectivity index (χ2v) is 5.12. The summed E-state index contributed by atoms with van der Waals surface area (Å²) in [5.74, 6) is 0. The SMILES string of the molecule is CCCC(CC)(CN)N(CC)c1cccc(C)c1. The maximum atomic E-state index is 6.11. The van der Waals surface area contributed by atoms with Crippen molar-refractivity contribution in [2.45, 2.75) is 52.5 Å². The Bertz CT molecular complexity index is 356. The summed E-state index contributed by atoms with van der Waals surface area (Å²) in [5.41, 5.74) is 8.84. The van der Waals surface area contributed by atoms with Crippen LogP contribution in [-0.2, 0) is 0 Å². The molecule has 0 bridgehead atoms. The quantitative estimate of drug-likeness (QED) is 0.796. The molecule has 0 saturated carbocycles. The lowest BCUT2D eigenvalue weighted by Crippen LogP contribution is -2.53. The van der Waals surface area contributed by atoms with Crippen molar-refractivity contribution in [1.29, 1.82) is 0 Å². The first kappa shape index (κ1) is 15.0. The molecule has 102 valence electrons. The van der Waals surface area contributed by atoms with Gasteiger partial charge >= 0.3 is 0 Å². The number of rotatable bonds is 7. The Morgan fingerprint density at radius 1 is 1.22 bits per heavy atom. The van der Waals surface area contributed by atoms with E-state index in [9.17, 15) is 0 Å². The third-order valence-electron chi connectivity index (χ3n) is 3.96. The van der Waals surface area contributed by atoms with Crippen LogP contribution in [0, 0.1) is 6.92 Å². The molecule has 1 rings (SSSR count). The van der Waals surface area contributed by atoms with Gasteiger partial charge in [-0.05, 0) is 44.4 Å². The Morgan fingerprint density at radius 2 is 1.94 bits per heavy atom. The normalized spacial score (nSPS) is 14.3. The Labute approximate surface area is 112 Å². The van der Waals surface area contributed by atoms with Gasteiger partial charge in [0.2, 0.25) is 0 Å². The predicted molar refractivity (Wildman–Crippen MR) is 81.2 cm³/mol. The molecule has 1 aromatic rings. The maximum absolute atomic E-state index is 6.11. The summed E-state index contributed by atoms with van der Waals surface area (Å²) in [6.07, 6.45) is 3.42. The van der Waals surface area contributed by atoms with E-state index in [-0.39, 0.29) is 5.54 Å². The van der Waals surface area contributed by atoms with Crippen molar-refractivity contribution < 1.29 is 0 Å². The van der Waals surface area contributed by atoms with Crippen molar-refractivity contribution in [2.75, 3.05) is 18.0 Å². The highest BCUT2D eigenvalue weighted by molar-refractivity contribution is 5.51. The van der Waals surface area contributed by atoms with Crippen molar-refractivity contribution in [2.24, 2.45) is 5.73 Å². The number of nitrogens with zero attached hydrogens (tertiary/aromatic N) is 1. The molecule has 0 radical (unpaired) electrons. The zero-order valence-corrected chi connectivity index (χ0v) is 12.4. The highest BCUT2D eigenvalue weighted by atomic mass is 15.2. The van der Waals surface area contributed by atoms with Gasteiger partial charge in [-0.2, -0.15) is 0 Å². The minimum atomic E-state index is 0.108. The van der Waals surface area contributed by atoms with E-state index < -0.39 is 0 Å². The summed E-state index contributed by atoms with van der Waals surface area (Å²) in [6, 6.07) is 8.74. The highest BCUT2D eigenvalue weighted by Crippen LogP contribution is 2.30. The Kier molecular flexibility index (Phi) is 5.67. The summed E-state index contributed by atoms with van der Waals surface area (Å²) in [5, 5.41) is 0. The van der Waals surface area contributed by atoms with Gasteiger partial charge < -0.3 is 10.6 Å². The molecule has 0 spiro atoms. The monoisotopic (exact) mass is 248 g/mol. The molecule has 0 fully saturated rings. The van der Waals surface area contributed by atoms with Crippen molar-refractivity contribution >= 4 is 5.69 Å². The van der Waals surface area contributed by atoms with Crippen molar-refractivity contribution in [3.8, 4) is 0 Å². The minimum Gasteiger partial charge on any atom is -0.365 e. The van der Waals surface area contributed by atoms with Crippen LogP contribution in [0.15, 0.2) is 24.3 Å². The topological polar surface area (TPSA) is 29.3 Å². The first-order valence-electron chi connectivity index (χ1n) is 7.18. The zero-order valence-electron chi connectivity index (χ0n) is 12.4. The fourth-order valence-corrected chi connectivity index (χ4v) is 2.91. The number of likely N-dealkylation sites (N-methyl/N-ethyl adjacent to an activating group) is 1. The number of benzene rings is 1. The molecule has 1 aromatic carbocycles. The summed E-state index contributed by atoms with van der Waals surface area (Å²) in [6.45, 7) is 10.6. The second-order valence-electron chi connectivity index (χ2n) is 5.12. The molecule has 2 N–H and O–H groups in total. The first-order chi connectivity index (χ1) is 8.63. The van der Waals surface area contributed by atoms with Crippen LogP contribution in [0.3, 0.4) is 0 Å². The molecule has 1 unspecified atom stereocenters. The Hall–Kier alpha value is -1.02. The van der Waals surface area contributed by atoms with Gasteiger partial charge in [0, 0.05) is 18.8 Å². The van der Waals surface area contributed by atoms with Gasteiger partial charge in [-0.25, -0.2) is 0 Å². The van der Waals surface area contributed by atoms with E-state index in [1.54, 1.807) is 0 Å². The van der Waals surface area contributed by atoms with Crippen LogP contribution in [-0.4, -0.2) is 18.6 Å². The fourth-order valence-electron chi connectivity index (χ4n) is 2.91. The van der Waals surface area contributed by atoms with Crippen LogP contribution < -0.4 is 10.6 Å². The molecule has 18 heavy (non-hydrogen) atoms. The van der Waals surface area contributed by atoms with E-state index in [0.717, 1.165) is 25.9 Å². The average molecular weight is 248 g/mol. The van der Waals surface area contributed by atoms with Gasteiger partial charge in [0.1, 0.15) is 0 Å². The molecule has 0 aliphatic rings. The third kappa shape index (κ3) is 3.05. The molecule has 0 saturated heterocycles. The standard InChI is InChI=1S/C16H28N2/c1-5-11-16(6-2,13-17)18(7-3)15-10-8-9-14(4)12-15/h8-10,12H,5-7,11,13,17H2,1-4H3. The maximum Gasteiger partial charge on any atom is 0.0521 e. The van der Waals surface area contributed by atoms with Crippen LogP contribution in [0.1, 0.15) is 45.6 Å². The molecule has 0 amide bonds. The molecular formula is C16H28N2. The first-order valence-corrected chi connectivity index (χ1v) is 7.18. The number of nitrogens with two attached hydrogens (primary N) is 1. The third-order valence-corrected chi connectivity index (χ3v) is 3.96. The van der Waals surface area contributed by atoms with E-state index in [1.165, 1.54) is 17.7 Å². The van der Waals surface area contributed by atoms with Crippen LogP contribution in [0.2, 0.25) is 0 Å². The average Bonchev–Trinajstić information content (AvgIpc) is 2.38. The molecule has 0 aliphatic heterocycles. The van der Waals surface area contributed by atoms with Crippen molar-refractivity contribution in [1.82, 2.24) is 0 Å². The fraction of sp³-hybridized carbons (Fsp3) is 0.625. The lowest BCUT2D eigenvalue weighted by Gasteiger charge is -2.44. The molecule has 1 atom stereocenters. The summed E-state index contributed by atoms with van der Waals surface area (Å²) in [4.78, 5) is 2.49. The minimum absolute atomic E-state index is 0.108. The summed E-state index contributed by atoms with van der Waals surface area (Å²) >= 11 is 0. The highest BCUT2D eigenvalue weighted by Gasteiger charge is 2.32. The summed E-state index contributed by atoms with van der Waals surface area (Å²) in [7, 11) is 0. The smallest absolute Gasteiger partial charge is 0.0521 e. The number of hydrogen-bond acceptors (Lipinski definition) is 2. The van der Waals surface area contributed by atoms with E-state index in [1.807, 2.05) is 0 Å². The van der Waals surface area contributed by atoms with Gasteiger partial charge in [0.05, 0.1) is 5.54 Å². The summed E-state index contributed by atoms with van der Waals surface area (Å²) < 4.78 is 0. The number of hydrogen-bond donors (Lipinski definition) is 1. The Balaban J connectivity index is 3.13. The van der Waals surface area contributed by atoms with Crippen molar-refractivity contribution in [3.05, 3.63) is 29.8 Å². The van der Waals surface area contributed by atoms with Crippen LogP contribution in [0.4, 0.5) is 5.69 Å². The van der Waals surface area contributed by atoms with E-state index >= 15 is 0 Å². The van der Waals surface area contributed by atoms with Gasteiger partial charge in [-0.3, -0.25) is 0 Å². The zero-order chi connectivity index (χ0) is 13.6. The molecule has 2 heteroatoms. The lowest BCUT2D eigenvalue weighted by molar-refractivity contribution is 0.354. The van der Waals surface area contributed by atoms with Gasteiger partial charge in [0.15, 0.2) is 0 Å². The number of anilines is 1. The van der Waals surface area contributed by atoms with E-state index in [2.05, 4.69) is 56.9 Å². The largest absolute Gasteiger partial charge is 0.365 e. The molecule has 0 heterocycles. The van der Waals surface area contributed by atoms with Crippen LogP contribution >= 0.6 is 0 Å². The Morgan fingerprint density at radius 3 is 2.39 bits per heavy atom. The molecule has 2 nitrogen and oxygen atoms in total. The number of aryl methyl sites for hydroxylation is 1. The van der Waals surface area contributed by atoms with Crippen LogP contribution in [0.25, 0.3) is 0 Å². The van der Waals surface area contributed by atoms with Gasteiger partial charge in [-0.1, -0.05) is 32.4 Å². The van der Waals surface area contributed by atoms with E-state index in [0.29, 0.717) is 0 Å². The molecule has 0 aromatic heterocycles. The molecular weight excluding hydrogens is 220 g/mol. The van der Waals surface area contributed by atoms with Gasteiger partial charge in [0.25, 0.3) is 0 Å². The predicted octanol–water partition coefficient (Wildman–Crippen LogP) is 3.73. The molecule has 0 aliphatic carbocycles. The van der Waals surface area contributed by atoms with Crippen LogP contribution in [0.5, 0.6) is 0 Å². The lowest BCUT2D eigenvalue weighted by atomic mass is 9.87.